The molecule has 0 amide bonds. The van der Waals surface area contributed by atoms with Gasteiger partial charge in [-0.1, -0.05) is 18.2 Å². The van der Waals surface area contributed by atoms with Gasteiger partial charge in [0.15, 0.2) is 12.3 Å². The van der Waals surface area contributed by atoms with Gasteiger partial charge in [-0.05, 0) is 37.4 Å². The van der Waals surface area contributed by atoms with Gasteiger partial charge in [-0.3, -0.25) is 3.97 Å². The Kier molecular flexibility index (Phi) is 2.81. The average molecular weight is 276 g/mol. The second-order valence-corrected chi connectivity index (χ2v) is 6.14. The zero-order valence-corrected chi connectivity index (χ0v) is 11.6. The van der Waals surface area contributed by atoms with Gasteiger partial charge in [0, 0.05) is 30.1 Å². The first-order chi connectivity index (χ1) is 9.38. The van der Waals surface area contributed by atoms with E-state index in [0.29, 0.717) is 18.3 Å². The highest BCUT2D eigenvalue weighted by Gasteiger charge is 2.31. The zero-order valence-electron chi connectivity index (χ0n) is 10.8. The van der Waals surface area contributed by atoms with Gasteiger partial charge in [0.2, 0.25) is 0 Å². The molecule has 1 aromatic heterocycles. The first kappa shape index (κ1) is 11.8. The van der Waals surface area contributed by atoms with Gasteiger partial charge >= 0.3 is 0 Å². The van der Waals surface area contributed by atoms with Crippen LogP contribution in [0.25, 0.3) is 10.9 Å². The quantitative estimate of drug-likeness (QED) is 0.783. The molecule has 2 aliphatic heterocycles. The van der Waals surface area contributed by atoms with Crippen LogP contribution in [0.4, 0.5) is 3.89 Å². The maximum atomic E-state index is 13.5. The number of hydrogen-bond donors (Lipinski definition) is 0. The van der Waals surface area contributed by atoms with Crippen LogP contribution < -0.4 is 0 Å². The lowest BCUT2D eigenvalue weighted by molar-refractivity contribution is 0.217. The Morgan fingerprint density at radius 3 is 3.00 bits per heavy atom. The van der Waals surface area contributed by atoms with E-state index in [1.165, 1.54) is 36.0 Å². The number of piperidine rings is 1. The van der Waals surface area contributed by atoms with Crippen molar-refractivity contribution in [3.05, 3.63) is 35.5 Å². The Hall–Kier alpha value is -1.00. The van der Waals surface area contributed by atoms with Gasteiger partial charge in [-0.25, -0.2) is 0 Å². The summed E-state index contributed by atoms with van der Waals surface area (Å²) in [6.45, 7) is 3.43. The van der Waals surface area contributed by atoms with Gasteiger partial charge in [-0.2, -0.15) is 0 Å². The molecule has 0 radical (unpaired) electrons. The minimum atomic E-state index is 0.371. The van der Waals surface area contributed by atoms with Crippen LogP contribution >= 0.6 is 12.3 Å². The summed E-state index contributed by atoms with van der Waals surface area (Å²) in [5.41, 5.74) is 3.67. The molecule has 19 heavy (non-hydrogen) atoms. The van der Waals surface area contributed by atoms with Crippen LogP contribution in [0.5, 0.6) is 0 Å². The Morgan fingerprint density at radius 1 is 1.21 bits per heavy atom. The Labute approximate surface area is 117 Å². The molecule has 1 aromatic carbocycles. The first-order valence-corrected chi connectivity index (χ1v) is 7.69. The van der Waals surface area contributed by atoms with Crippen molar-refractivity contribution in [2.75, 3.05) is 19.6 Å². The summed E-state index contributed by atoms with van der Waals surface area (Å²) in [4.78, 5) is 2.54. The van der Waals surface area contributed by atoms with E-state index >= 15 is 0 Å². The largest absolute Gasteiger partial charge is 0.302 e. The van der Waals surface area contributed by atoms with Crippen molar-refractivity contribution < 1.29 is 3.89 Å². The van der Waals surface area contributed by atoms with Crippen molar-refractivity contribution in [3.8, 4) is 0 Å². The van der Waals surface area contributed by atoms with Crippen LogP contribution in [0, 0.1) is 0 Å². The Bertz CT molecular complexity index is 622. The third-order valence-corrected chi connectivity index (χ3v) is 5.15. The lowest BCUT2D eigenvalue weighted by atomic mass is 9.93. The van der Waals surface area contributed by atoms with Gasteiger partial charge in [0.1, 0.15) is 0 Å². The number of benzene rings is 1. The molecule has 0 spiro atoms. The molecule has 2 atom stereocenters. The average Bonchev–Trinajstić information content (AvgIpc) is 2.72. The van der Waals surface area contributed by atoms with Crippen LogP contribution in [0.1, 0.15) is 30.0 Å². The van der Waals surface area contributed by atoms with Crippen molar-refractivity contribution in [3.63, 3.8) is 0 Å². The van der Waals surface area contributed by atoms with Crippen molar-refractivity contribution in [1.29, 1.82) is 0 Å². The third kappa shape index (κ3) is 1.73. The van der Waals surface area contributed by atoms with E-state index in [1.54, 1.807) is 0 Å². The van der Waals surface area contributed by atoms with Gasteiger partial charge < -0.3 is 4.90 Å². The molecular formula is C15H17FN2S. The van der Waals surface area contributed by atoms with Crippen LogP contribution in [0.2, 0.25) is 0 Å². The van der Waals surface area contributed by atoms with Crippen molar-refractivity contribution in [1.82, 2.24) is 8.87 Å². The highest BCUT2D eigenvalue weighted by atomic mass is 32.2. The summed E-state index contributed by atoms with van der Waals surface area (Å²) in [6, 6.07) is 8.25. The fourth-order valence-electron chi connectivity index (χ4n) is 3.80. The molecule has 4 heteroatoms. The van der Waals surface area contributed by atoms with E-state index in [2.05, 4.69) is 17.0 Å². The third-order valence-electron chi connectivity index (χ3n) is 4.62. The number of hydrogen-bond acceptors (Lipinski definition) is 2. The molecule has 1 saturated heterocycles. The Balaban J connectivity index is 1.98. The topological polar surface area (TPSA) is 8.17 Å². The molecule has 2 aromatic rings. The van der Waals surface area contributed by atoms with Crippen LogP contribution in [0.3, 0.4) is 0 Å². The molecule has 4 rings (SSSR count). The number of aromatic nitrogens is 1. The zero-order chi connectivity index (χ0) is 12.8. The summed E-state index contributed by atoms with van der Waals surface area (Å²) >= 11 is 0.371. The maximum Gasteiger partial charge on any atom is 0.170 e. The number of para-hydroxylation sites is 1. The molecule has 0 aliphatic carbocycles. The van der Waals surface area contributed by atoms with Crippen molar-refractivity contribution in [2.24, 2.45) is 0 Å². The molecule has 0 N–H and O–H groups in total. The molecule has 2 bridgehead atoms. The minimum absolute atomic E-state index is 0.371. The fourth-order valence-corrected chi connectivity index (χ4v) is 4.36. The van der Waals surface area contributed by atoms with E-state index in [0.717, 1.165) is 25.0 Å². The van der Waals surface area contributed by atoms with E-state index in [1.807, 2.05) is 16.1 Å². The summed E-state index contributed by atoms with van der Waals surface area (Å²) in [5, 5.41) is 1.25. The highest BCUT2D eigenvalue weighted by Crippen LogP contribution is 2.40. The summed E-state index contributed by atoms with van der Waals surface area (Å²) in [6.07, 6.45) is 3.49. The minimum Gasteiger partial charge on any atom is -0.302 e. The molecule has 2 nitrogen and oxygen atoms in total. The molecular weight excluding hydrogens is 259 g/mol. The number of nitrogens with zero attached hydrogens (tertiary/aromatic N) is 2. The second-order valence-electron chi connectivity index (χ2n) is 5.63. The second kappa shape index (κ2) is 4.53. The molecule has 100 valence electrons. The molecule has 3 heterocycles. The van der Waals surface area contributed by atoms with E-state index < -0.39 is 0 Å². The van der Waals surface area contributed by atoms with E-state index in [4.69, 9.17) is 0 Å². The standard InChI is InChI=1S/C15H17FN2S/c16-19-18-14-6-2-1-5-12(14)13-7-9-17-8-3-4-11(10-17)15(13)18/h1-2,5-6,11H,3-4,7-10H2. The number of fused-ring (bicyclic) bond motifs is 6. The molecule has 0 saturated carbocycles. The van der Waals surface area contributed by atoms with Gasteiger partial charge in [-0.15, -0.1) is 3.89 Å². The number of halogens is 1. The van der Waals surface area contributed by atoms with Crippen molar-refractivity contribution >= 4 is 23.2 Å². The van der Waals surface area contributed by atoms with Crippen LogP contribution in [0.15, 0.2) is 24.3 Å². The molecule has 2 aliphatic rings. The normalized spacial score (nSPS) is 26.2. The Morgan fingerprint density at radius 2 is 2.11 bits per heavy atom. The lowest BCUT2D eigenvalue weighted by Crippen LogP contribution is -2.34. The van der Waals surface area contributed by atoms with Gasteiger partial charge in [0.05, 0.1) is 5.52 Å². The van der Waals surface area contributed by atoms with Gasteiger partial charge in [0.25, 0.3) is 0 Å². The summed E-state index contributed by atoms with van der Waals surface area (Å²) in [7, 11) is 0. The lowest BCUT2D eigenvalue weighted by Gasteiger charge is -2.30. The van der Waals surface area contributed by atoms with Crippen molar-refractivity contribution in [2.45, 2.75) is 25.2 Å². The molecule has 2 unspecified atom stereocenters. The number of rotatable bonds is 1. The van der Waals surface area contributed by atoms with Crippen LogP contribution in [-0.4, -0.2) is 28.5 Å². The maximum absolute atomic E-state index is 13.5. The predicted octanol–water partition coefficient (Wildman–Crippen LogP) is 3.76. The predicted molar refractivity (Wildman–Crippen MR) is 78.2 cm³/mol. The first-order valence-electron chi connectivity index (χ1n) is 7.02. The smallest absolute Gasteiger partial charge is 0.170 e. The summed E-state index contributed by atoms with van der Waals surface area (Å²) < 4.78 is 15.3. The molecule has 1 fully saturated rings. The summed E-state index contributed by atoms with van der Waals surface area (Å²) in [5.74, 6) is 0.502. The van der Waals surface area contributed by atoms with Crippen LogP contribution in [-0.2, 0) is 6.42 Å². The fraction of sp³-hybridized carbons (Fsp3) is 0.467. The highest BCUT2D eigenvalue weighted by molar-refractivity contribution is 7.93. The van der Waals surface area contributed by atoms with E-state index in [-0.39, 0.29) is 0 Å². The monoisotopic (exact) mass is 276 g/mol. The van der Waals surface area contributed by atoms with E-state index in [9.17, 15) is 3.89 Å². The SMILES string of the molecule is FSn1c2c(c3ccccc31)CCN1CCCC2C1.